The van der Waals surface area contributed by atoms with Gasteiger partial charge in [0.2, 0.25) is 0 Å². The lowest BCUT2D eigenvalue weighted by molar-refractivity contribution is 0.627. The van der Waals surface area contributed by atoms with Crippen LogP contribution >= 0.6 is 39.7 Å². The Labute approximate surface area is 115 Å². The van der Waals surface area contributed by atoms with Crippen molar-refractivity contribution in [2.24, 2.45) is 5.92 Å². The van der Waals surface area contributed by atoms with Gasteiger partial charge in [-0.15, -0.1) is 0 Å². The second-order valence-corrected chi connectivity index (χ2v) is 5.44. The van der Waals surface area contributed by atoms with Crippen LogP contribution in [0.4, 0.5) is 5.69 Å². The molecule has 0 fully saturated rings. The Morgan fingerprint density at radius 2 is 2.19 bits per heavy atom. The first-order valence-corrected chi connectivity index (χ1v) is 6.57. The summed E-state index contributed by atoms with van der Waals surface area (Å²) in [6.07, 6.45) is 0. The third-order valence-electron chi connectivity index (χ3n) is 1.87. The molecular formula is C11H14BrClN2S. The van der Waals surface area contributed by atoms with Crippen molar-refractivity contribution >= 4 is 50.5 Å². The highest BCUT2D eigenvalue weighted by Crippen LogP contribution is 2.29. The molecule has 0 saturated carbocycles. The fourth-order valence-corrected chi connectivity index (χ4v) is 1.79. The van der Waals surface area contributed by atoms with Gasteiger partial charge in [0.25, 0.3) is 0 Å². The number of nitrogens with one attached hydrogen (secondary N) is 2. The monoisotopic (exact) mass is 320 g/mol. The van der Waals surface area contributed by atoms with E-state index in [4.69, 9.17) is 23.8 Å². The van der Waals surface area contributed by atoms with E-state index < -0.39 is 0 Å². The highest BCUT2D eigenvalue weighted by atomic mass is 79.9. The van der Waals surface area contributed by atoms with Crippen molar-refractivity contribution in [3.63, 3.8) is 0 Å². The Morgan fingerprint density at radius 3 is 2.81 bits per heavy atom. The van der Waals surface area contributed by atoms with Crippen LogP contribution in [0.2, 0.25) is 5.02 Å². The number of rotatable bonds is 3. The van der Waals surface area contributed by atoms with Gasteiger partial charge in [-0.05, 0) is 46.2 Å². The van der Waals surface area contributed by atoms with Gasteiger partial charge in [0.05, 0.1) is 15.2 Å². The molecule has 1 aromatic rings. The van der Waals surface area contributed by atoms with Crippen LogP contribution in [0.5, 0.6) is 0 Å². The van der Waals surface area contributed by atoms with Crippen molar-refractivity contribution < 1.29 is 0 Å². The van der Waals surface area contributed by atoms with E-state index in [9.17, 15) is 0 Å². The van der Waals surface area contributed by atoms with E-state index in [1.807, 2.05) is 18.2 Å². The molecule has 0 aliphatic carbocycles. The van der Waals surface area contributed by atoms with Crippen LogP contribution in [0, 0.1) is 5.92 Å². The van der Waals surface area contributed by atoms with E-state index in [1.165, 1.54) is 0 Å². The summed E-state index contributed by atoms with van der Waals surface area (Å²) >= 11 is 14.6. The van der Waals surface area contributed by atoms with Crippen molar-refractivity contribution in [3.8, 4) is 0 Å². The predicted octanol–water partition coefficient (Wildman–Crippen LogP) is 4.04. The van der Waals surface area contributed by atoms with E-state index in [2.05, 4.69) is 40.4 Å². The van der Waals surface area contributed by atoms with Crippen LogP contribution in [0.3, 0.4) is 0 Å². The van der Waals surface area contributed by atoms with Gasteiger partial charge in [-0.1, -0.05) is 31.5 Å². The minimum absolute atomic E-state index is 0.558. The van der Waals surface area contributed by atoms with Crippen LogP contribution in [-0.2, 0) is 0 Å². The molecule has 0 spiro atoms. The maximum atomic E-state index is 5.97. The van der Waals surface area contributed by atoms with Crippen molar-refractivity contribution in [1.82, 2.24) is 5.32 Å². The fraction of sp³-hybridized carbons (Fsp3) is 0.364. The molecule has 1 rings (SSSR count). The molecule has 0 radical (unpaired) electrons. The normalized spacial score (nSPS) is 10.3. The Kier molecular flexibility index (Phi) is 5.52. The Bertz CT molecular complexity index is 382. The zero-order valence-electron chi connectivity index (χ0n) is 9.18. The van der Waals surface area contributed by atoms with Crippen LogP contribution in [0.15, 0.2) is 22.7 Å². The zero-order chi connectivity index (χ0) is 12.1. The molecule has 0 aliphatic rings. The highest BCUT2D eigenvalue weighted by Gasteiger charge is 2.05. The van der Waals surface area contributed by atoms with E-state index in [-0.39, 0.29) is 0 Å². The number of hydrogen-bond acceptors (Lipinski definition) is 1. The standard InChI is InChI=1S/C11H14BrClN2S/c1-7(2)6-14-11(16)15-9-5-3-4-8(13)10(9)12/h3-5,7H,6H2,1-2H3,(H2,14,15,16). The molecule has 16 heavy (non-hydrogen) atoms. The van der Waals surface area contributed by atoms with Gasteiger partial charge in [-0.3, -0.25) is 0 Å². The van der Waals surface area contributed by atoms with Gasteiger partial charge in [0.1, 0.15) is 0 Å². The maximum Gasteiger partial charge on any atom is 0.170 e. The topological polar surface area (TPSA) is 24.1 Å². The Morgan fingerprint density at radius 1 is 1.50 bits per heavy atom. The highest BCUT2D eigenvalue weighted by molar-refractivity contribution is 9.10. The van der Waals surface area contributed by atoms with Crippen LogP contribution in [0.25, 0.3) is 0 Å². The maximum absolute atomic E-state index is 5.97. The third-order valence-corrected chi connectivity index (χ3v) is 3.51. The summed E-state index contributed by atoms with van der Waals surface area (Å²) in [5.74, 6) is 0.558. The number of thiocarbonyl (C=S) groups is 1. The quantitative estimate of drug-likeness (QED) is 0.822. The van der Waals surface area contributed by atoms with Gasteiger partial charge >= 0.3 is 0 Å². The Hall–Kier alpha value is -0.320. The molecular weight excluding hydrogens is 308 g/mol. The van der Waals surface area contributed by atoms with Crippen LogP contribution in [-0.4, -0.2) is 11.7 Å². The lowest BCUT2D eigenvalue weighted by atomic mass is 10.2. The SMILES string of the molecule is CC(C)CNC(=S)Nc1cccc(Cl)c1Br. The van der Waals surface area contributed by atoms with Crippen LogP contribution < -0.4 is 10.6 Å². The average molecular weight is 322 g/mol. The average Bonchev–Trinajstić information content (AvgIpc) is 2.22. The molecule has 0 saturated heterocycles. The number of hydrogen-bond donors (Lipinski definition) is 2. The van der Waals surface area contributed by atoms with Gasteiger partial charge in [-0.25, -0.2) is 0 Å². The van der Waals surface area contributed by atoms with Gasteiger partial charge < -0.3 is 10.6 Å². The first-order valence-electron chi connectivity index (χ1n) is 4.99. The second-order valence-electron chi connectivity index (χ2n) is 3.83. The molecule has 5 heteroatoms. The summed E-state index contributed by atoms with van der Waals surface area (Å²) in [6.45, 7) is 5.11. The lowest BCUT2D eigenvalue weighted by Gasteiger charge is -2.13. The molecule has 0 heterocycles. The summed E-state index contributed by atoms with van der Waals surface area (Å²) in [4.78, 5) is 0. The first kappa shape index (κ1) is 13.7. The molecule has 0 aromatic heterocycles. The van der Waals surface area contributed by atoms with E-state index >= 15 is 0 Å². The molecule has 0 atom stereocenters. The summed E-state index contributed by atoms with van der Waals surface area (Å²) in [7, 11) is 0. The van der Waals surface area contributed by atoms with Crippen molar-refractivity contribution in [2.45, 2.75) is 13.8 Å². The molecule has 1 aromatic carbocycles. The molecule has 2 N–H and O–H groups in total. The minimum Gasteiger partial charge on any atom is -0.362 e. The summed E-state index contributed by atoms with van der Waals surface area (Å²) in [6, 6.07) is 5.61. The van der Waals surface area contributed by atoms with Crippen molar-refractivity contribution in [2.75, 3.05) is 11.9 Å². The van der Waals surface area contributed by atoms with Gasteiger partial charge in [-0.2, -0.15) is 0 Å². The van der Waals surface area contributed by atoms with E-state index in [0.29, 0.717) is 16.1 Å². The minimum atomic E-state index is 0.558. The zero-order valence-corrected chi connectivity index (χ0v) is 12.3. The first-order chi connectivity index (χ1) is 7.50. The second kappa shape index (κ2) is 6.42. The summed E-state index contributed by atoms with van der Waals surface area (Å²) in [5.41, 5.74) is 0.869. The largest absolute Gasteiger partial charge is 0.362 e. The molecule has 0 bridgehead atoms. The van der Waals surface area contributed by atoms with Crippen molar-refractivity contribution in [1.29, 1.82) is 0 Å². The molecule has 0 amide bonds. The summed E-state index contributed by atoms with van der Waals surface area (Å²) in [5, 5.41) is 7.50. The molecule has 0 unspecified atom stereocenters. The Balaban J connectivity index is 2.59. The molecule has 88 valence electrons. The predicted molar refractivity (Wildman–Crippen MR) is 78.2 cm³/mol. The smallest absolute Gasteiger partial charge is 0.170 e. The van der Waals surface area contributed by atoms with Crippen molar-refractivity contribution in [3.05, 3.63) is 27.7 Å². The third kappa shape index (κ3) is 4.28. The van der Waals surface area contributed by atoms with E-state index in [0.717, 1.165) is 16.7 Å². The summed E-state index contributed by atoms with van der Waals surface area (Å²) < 4.78 is 0.824. The van der Waals surface area contributed by atoms with Gasteiger partial charge in [0.15, 0.2) is 5.11 Å². The van der Waals surface area contributed by atoms with Crippen LogP contribution in [0.1, 0.15) is 13.8 Å². The molecule has 0 aliphatic heterocycles. The molecule has 2 nitrogen and oxygen atoms in total. The fourth-order valence-electron chi connectivity index (χ4n) is 1.06. The van der Waals surface area contributed by atoms with Gasteiger partial charge in [0, 0.05) is 6.54 Å². The number of halogens is 2. The number of benzene rings is 1. The van der Waals surface area contributed by atoms with E-state index in [1.54, 1.807) is 0 Å². The lowest BCUT2D eigenvalue weighted by Crippen LogP contribution is -2.31. The number of anilines is 1.